The van der Waals surface area contributed by atoms with Crippen molar-refractivity contribution < 1.29 is 9.59 Å². The molecular formula is C22H20Cl2N2O2. The monoisotopic (exact) mass is 414 g/mol. The quantitative estimate of drug-likeness (QED) is 0.771. The number of carbonyl (C=O) groups is 2. The summed E-state index contributed by atoms with van der Waals surface area (Å²) in [6.07, 6.45) is 3.26. The van der Waals surface area contributed by atoms with E-state index in [1.807, 2.05) is 35.2 Å². The molecule has 1 saturated heterocycles. The van der Waals surface area contributed by atoms with Gasteiger partial charge in [0.1, 0.15) is 0 Å². The maximum absolute atomic E-state index is 13.6. The van der Waals surface area contributed by atoms with Crippen molar-refractivity contribution in [2.45, 2.75) is 37.1 Å². The molecule has 1 N–H and O–H groups in total. The molecule has 3 aliphatic rings. The van der Waals surface area contributed by atoms with E-state index >= 15 is 0 Å². The van der Waals surface area contributed by atoms with Gasteiger partial charge in [-0.25, -0.2) is 0 Å². The van der Waals surface area contributed by atoms with Crippen molar-refractivity contribution in [2.75, 3.05) is 11.9 Å². The number of hydrogen-bond acceptors (Lipinski definition) is 2. The van der Waals surface area contributed by atoms with Crippen LogP contribution in [0.5, 0.6) is 0 Å². The van der Waals surface area contributed by atoms with Crippen molar-refractivity contribution >= 4 is 40.7 Å². The summed E-state index contributed by atoms with van der Waals surface area (Å²) in [5.74, 6) is 0.208. The van der Waals surface area contributed by atoms with Crippen molar-refractivity contribution in [3.8, 4) is 0 Å². The smallest absolute Gasteiger partial charge is 0.255 e. The Morgan fingerprint density at radius 1 is 1.04 bits per heavy atom. The summed E-state index contributed by atoms with van der Waals surface area (Å²) in [6.45, 7) is 0.616. The number of nitrogens with one attached hydrogen (secondary N) is 1. The van der Waals surface area contributed by atoms with E-state index in [2.05, 4.69) is 5.32 Å². The molecule has 1 saturated carbocycles. The molecule has 2 heterocycles. The fourth-order valence-electron chi connectivity index (χ4n) is 4.84. The largest absolute Gasteiger partial charge is 0.323 e. The zero-order chi connectivity index (χ0) is 19.5. The van der Waals surface area contributed by atoms with E-state index in [0.717, 1.165) is 24.0 Å². The van der Waals surface area contributed by atoms with E-state index in [-0.39, 0.29) is 17.7 Å². The van der Waals surface area contributed by atoms with Crippen LogP contribution >= 0.6 is 23.2 Å². The maximum Gasteiger partial charge on any atom is 0.255 e. The van der Waals surface area contributed by atoms with Gasteiger partial charge in [0.25, 0.3) is 5.91 Å². The van der Waals surface area contributed by atoms with Crippen LogP contribution in [0.1, 0.15) is 42.7 Å². The van der Waals surface area contributed by atoms with Crippen molar-refractivity contribution in [2.24, 2.45) is 5.92 Å². The van der Waals surface area contributed by atoms with Gasteiger partial charge in [-0.15, -0.1) is 0 Å². The van der Waals surface area contributed by atoms with Crippen LogP contribution in [0.3, 0.4) is 0 Å². The Hall–Kier alpha value is -2.04. The van der Waals surface area contributed by atoms with E-state index in [0.29, 0.717) is 41.0 Å². The van der Waals surface area contributed by atoms with Gasteiger partial charge in [-0.3, -0.25) is 9.59 Å². The minimum absolute atomic E-state index is 0.0446. The van der Waals surface area contributed by atoms with Gasteiger partial charge in [-0.1, -0.05) is 41.4 Å². The van der Waals surface area contributed by atoms with Crippen LogP contribution < -0.4 is 5.32 Å². The number of nitrogens with zero attached hydrogens (tertiary/aromatic N) is 1. The lowest BCUT2D eigenvalue weighted by Gasteiger charge is -2.48. The average Bonchev–Trinajstić information content (AvgIpc) is 3.43. The Bertz CT molecular complexity index is 988. The zero-order valence-electron chi connectivity index (χ0n) is 15.3. The summed E-state index contributed by atoms with van der Waals surface area (Å²) in [5, 5.41) is 4.20. The highest BCUT2D eigenvalue weighted by Crippen LogP contribution is 2.55. The summed E-state index contributed by atoms with van der Waals surface area (Å²) >= 11 is 12.5. The number of piperidine rings is 1. The molecule has 28 heavy (non-hydrogen) atoms. The van der Waals surface area contributed by atoms with Crippen LogP contribution in [0.4, 0.5) is 5.69 Å². The Balaban J connectivity index is 1.73. The van der Waals surface area contributed by atoms with Crippen LogP contribution in [0.25, 0.3) is 0 Å². The first-order chi connectivity index (χ1) is 13.5. The van der Waals surface area contributed by atoms with Gasteiger partial charge >= 0.3 is 0 Å². The van der Waals surface area contributed by atoms with E-state index < -0.39 is 5.54 Å². The van der Waals surface area contributed by atoms with Gasteiger partial charge in [-0.2, -0.15) is 0 Å². The Labute approximate surface area is 173 Å². The molecule has 0 unspecified atom stereocenters. The SMILES string of the molecule is O=C1CC[C@@H](c2cccc(Cl)c2)[C@@]2(C(=O)Nc3cc(Cl)ccc32)N1CC1CC1. The van der Waals surface area contributed by atoms with Crippen LogP contribution in [-0.2, 0) is 15.1 Å². The Morgan fingerprint density at radius 3 is 2.57 bits per heavy atom. The number of benzene rings is 2. The lowest BCUT2D eigenvalue weighted by Crippen LogP contribution is -2.60. The zero-order valence-corrected chi connectivity index (χ0v) is 16.8. The van der Waals surface area contributed by atoms with Crippen molar-refractivity contribution in [1.82, 2.24) is 4.90 Å². The maximum atomic E-state index is 13.6. The minimum atomic E-state index is -1.05. The highest BCUT2D eigenvalue weighted by atomic mass is 35.5. The van der Waals surface area contributed by atoms with Crippen molar-refractivity contribution in [1.29, 1.82) is 0 Å². The molecule has 144 valence electrons. The highest BCUT2D eigenvalue weighted by Gasteiger charge is 2.60. The summed E-state index contributed by atoms with van der Waals surface area (Å²) in [6, 6.07) is 13.1. The van der Waals surface area contributed by atoms with Crippen LogP contribution in [0.15, 0.2) is 42.5 Å². The third-order valence-electron chi connectivity index (χ3n) is 6.25. The lowest BCUT2D eigenvalue weighted by atomic mass is 9.69. The molecule has 6 heteroatoms. The molecule has 2 atom stereocenters. The van der Waals surface area contributed by atoms with Crippen LogP contribution in [0.2, 0.25) is 10.0 Å². The predicted molar refractivity (Wildman–Crippen MR) is 110 cm³/mol. The van der Waals surface area contributed by atoms with E-state index in [1.165, 1.54) is 0 Å². The highest BCUT2D eigenvalue weighted by molar-refractivity contribution is 6.31. The molecule has 0 aromatic heterocycles. The standard InChI is InChI=1S/C22H20Cl2N2O2/c23-15-3-1-2-14(10-15)17-8-9-20(27)26(12-13-4-5-13)22(17)18-7-6-16(24)11-19(18)25-21(22)28/h1-3,6-7,10-11,13,17H,4-5,8-9,12H2,(H,25,28)/t17-,22+/m0/s1. The molecule has 0 bridgehead atoms. The van der Waals surface area contributed by atoms with E-state index in [9.17, 15) is 9.59 Å². The fraction of sp³-hybridized carbons (Fsp3) is 0.364. The molecule has 4 nitrogen and oxygen atoms in total. The number of anilines is 1. The molecule has 1 spiro atoms. The first-order valence-corrected chi connectivity index (χ1v) is 10.4. The number of rotatable bonds is 3. The second kappa shape index (κ2) is 6.50. The van der Waals surface area contributed by atoms with Crippen molar-refractivity contribution in [3.63, 3.8) is 0 Å². The second-order valence-electron chi connectivity index (χ2n) is 8.00. The Kier molecular flexibility index (Phi) is 4.18. The number of halogens is 2. The third kappa shape index (κ3) is 2.66. The number of hydrogen-bond donors (Lipinski definition) is 1. The molecule has 5 rings (SSSR count). The van der Waals surface area contributed by atoms with Crippen molar-refractivity contribution in [3.05, 3.63) is 63.6 Å². The molecule has 1 aliphatic carbocycles. The van der Waals surface area contributed by atoms with E-state index in [4.69, 9.17) is 23.2 Å². The van der Waals surface area contributed by atoms with Crippen LogP contribution in [-0.4, -0.2) is 23.3 Å². The number of carbonyl (C=O) groups excluding carboxylic acids is 2. The summed E-state index contributed by atoms with van der Waals surface area (Å²) < 4.78 is 0. The van der Waals surface area contributed by atoms with Gasteiger partial charge in [0, 0.05) is 40.2 Å². The fourth-order valence-corrected chi connectivity index (χ4v) is 5.21. The molecule has 0 radical (unpaired) electrons. The lowest BCUT2D eigenvalue weighted by molar-refractivity contribution is -0.152. The summed E-state index contributed by atoms with van der Waals surface area (Å²) in [5.41, 5.74) is 1.46. The van der Waals surface area contributed by atoms with Gasteiger partial charge in [0.2, 0.25) is 5.91 Å². The van der Waals surface area contributed by atoms with Crippen LogP contribution in [0, 0.1) is 5.92 Å². The molecular weight excluding hydrogens is 395 g/mol. The molecule has 2 aromatic rings. The average molecular weight is 415 g/mol. The summed E-state index contributed by atoms with van der Waals surface area (Å²) in [4.78, 5) is 28.5. The molecule has 2 aromatic carbocycles. The predicted octanol–water partition coefficient (Wildman–Crippen LogP) is 4.96. The van der Waals surface area contributed by atoms with Gasteiger partial charge in [0.05, 0.1) is 0 Å². The minimum Gasteiger partial charge on any atom is -0.323 e. The molecule has 2 fully saturated rings. The topological polar surface area (TPSA) is 49.4 Å². The first kappa shape index (κ1) is 18.0. The number of fused-ring (bicyclic) bond motifs is 2. The summed E-state index contributed by atoms with van der Waals surface area (Å²) in [7, 11) is 0. The third-order valence-corrected chi connectivity index (χ3v) is 6.72. The molecule has 2 aliphatic heterocycles. The van der Waals surface area contributed by atoms with Gasteiger partial charge < -0.3 is 10.2 Å². The number of amides is 2. The van der Waals surface area contributed by atoms with Gasteiger partial charge in [0.15, 0.2) is 5.54 Å². The van der Waals surface area contributed by atoms with E-state index in [1.54, 1.807) is 12.1 Å². The first-order valence-electron chi connectivity index (χ1n) is 9.67. The molecule has 2 amide bonds. The second-order valence-corrected chi connectivity index (χ2v) is 8.88. The Morgan fingerprint density at radius 2 is 1.82 bits per heavy atom. The van der Waals surface area contributed by atoms with Gasteiger partial charge in [-0.05, 0) is 55.0 Å². The number of likely N-dealkylation sites (tertiary alicyclic amines) is 1. The normalized spacial score (nSPS) is 26.5.